The number of aromatic nitrogens is 2. The van der Waals surface area contributed by atoms with Crippen molar-refractivity contribution in [2.75, 3.05) is 6.54 Å². The lowest BCUT2D eigenvalue weighted by Crippen LogP contribution is -2.14. The number of nitrogens with one attached hydrogen (secondary N) is 1. The van der Waals surface area contributed by atoms with Gasteiger partial charge in [-0.15, -0.1) is 11.3 Å². The Bertz CT molecular complexity index is 571. The number of hydrogen-bond donors (Lipinski definition) is 1. The minimum absolute atomic E-state index is 0.294. The predicted molar refractivity (Wildman–Crippen MR) is 73.4 cm³/mol. The maximum atomic E-state index is 5.55. The molecule has 5 heteroatoms. The molecule has 0 bridgehead atoms. The lowest BCUT2D eigenvalue weighted by atomic mass is 9.88. The lowest BCUT2D eigenvalue weighted by Gasteiger charge is -2.18. The Labute approximate surface area is 116 Å². The van der Waals surface area contributed by atoms with E-state index in [0.29, 0.717) is 12.0 Å². The van der Waals surface area contributed by atoms with Crippen LogP contribution in [-0.4, -0.2) is 16.7 Å². The van der Waals surface area contributed by atoms with E-state index >= 15 is 0 Å². The van der Waals surface area contributed by atoms with E-state index in [2.05, 4.69) is 26.9 Å². The van der Waals surface area contributed by atoms with Gasteiger partial charge < -0.3 is 9.84 Å². The van der Waals surface area contributed by atoms with Crippen LogP contribution in [0.5, 0.6) is 0 Å². The van der Waals surface area contributed by atoms with Crippen LogP contribution in [0.3, 0.4) is 0 Å². The zero-order valence-corrected chi connectivity index (χ0v) is 11.6. The monoisotopic (exact) mass is 275 g/mol. The van der Waals surface area contributed by atoms with Crippen molar-refractivity contribution in [1.29, 1.82) is 0 Å². The Balaban J connectivity index is 1.63. The first-order chi connectivity index (χ1) is 9.42. The third-order valence-electron chi connectivity index (χ3n) is 4.18. The van der Waals surface area contributed by atoms with E-state index in [9.17, 15) is 0 Å². The molecule has 1 saturated heterocycles. The van der Waals surface area contributed by atoms with E-state index in [1.54, 1.807) is 0 Å². The second-order valence-electron chi connectivity index (χ2n) is 5.38. The predicted octanol–water partition coefficient (Wildman–Crippen LogP) is 3.02. The van der Waals surface area contributed by atoms with Crippen molar-refractivity contribution in [2.45, 2.75) is 44.1 Å². The number of aryl methyl sites for hydroxylation is 1. The molecule has 2 atom stereocenters. The van der Waals surface area contributed by atoms with Crippen molar-refractivity contribution in [3.8, 4) is 0 Å². The molecule has 4 rings (SSSR count). The Morgan fingerprint density at radius 2 is 2.32 bits per heavy atom. The maximum Gasteiger partial charge on any atom is 0.234 e. The van der Waals surface area contributed by atoms with Gasteiger partial charge in [0.15, 0.2) is 5.82 Å². The molecular formula is C14H17N3OS. The SMILES string of the molecule is c1cc2c(s1)CCCC2c1nc(C2CCCN2)no1. The molecule has 0 aromatic carbocycles. The summed E-state index contributed by atoms with van der Waals surface area (Å²) in [5, 5.41) is 9.79. The normalized spacial score (nSPS) is 26.5. The topological polar surface area (TPSA) is 51.0 Å². The number of hydrogen-bond acceptors (Lipinski definition) is 5. The Morgan fingerprint density at radius 1 is 1.32 bits per heavy atom. The van der Waals surface area contributed by atoms with Gasteiger partial charge in [0, 0.05) is 4.88 Å². The third-order valence-corrected chi connectivity index (χ3v) is 5.18. The molecule has 0 saturated carbocycles. The van der Waals surface area contributed by atoms with E-state index in [4.69, 9.17) is 4.52 Å². The highest BCUT2D eigenvalue weighted by atomic mass is 32.1. The molecule has 19 heavy (non-hydrogen) atoms. The van der Waals surface area contributed by atoms with Crippen LogP contribution in [0.4, 0.5) is 0 Å². The summed E-state index contributed by atoms with van der Waals surface area (Å²) in [5.41, 5.74) is 1.41. The third kappa shape index (κ3) is 2.01. The smallest absolute Gasteiger partial charge is 0.234 e. The van der Waals surface area contributed by atoms with Crippen molar-refractivity contribution < 1.29 is 4.52 Å². The minimum Gasteiger partial charge on any atom is -0.339 e. The van der Waals surface area contributed by atoms with Gasteiger partial charge in [0.05, 0.1) is 12.0 Å². The summed E-state index contributed by atoms with van der Waals surface area (Å²) in [6.45, 7) is 1.06. The van der Waals surface area contributed by atoms with E-state index in [-0.39, 0.29) is 0 Å². The van der Waals surface area contributed by atoms with Crippen LogP contribution >= 0.6 is 11.3 Å². The van der Waals surface area contributed by atoms with E-state index < -0.39 is 0 Å². The molecule has 0 amide bonds. The van der Waals surface area contributed by atoms with Gasteiger partial charge in [-0.05, 0) is 55.7 Å². The van der Waals surface area contributed by atoms with Crippen LogP contribution in [0.25, 0.3) is 0 Å². The molecule has 2 aromatic heterocycles. The number of fused-ring (bicyclic) bond motifs is 1. The summed E-state index contributed by atoms with van der Waals surface area (Å²) in [4.78, 5) is 6.15. The van der Waals surface area contributed by atoms with Gasteiger partial charge in [0.2, 0.25) is 5.89 Å². The van der Waals surface area contributed by atoms with Gasteiger partial charge in [-0.25, -0.2) is 0 Å². The van der Waals surface area contributed by atoms with Crippen LogP contribution < -0.4 is 5.32 Å². The molecule has 2 aromatic rings. The average molecular weight is 275 g/mol. The first-order valence-electron chi connectivity index (χ1n) is 7.05. The molecule has 100 valence electrons. The molecule has 3 heterocycles. The molecule has 0 radical (unpaired) electrons. The van der Waals surface area contributed by atoms with Crippen LogP contribution in [0.1, 0.15) is 59.8 Å². The number of rotatable bonds is 2. The molecule has 2 unspecified atom stereocenters. The molecule has 1 N–H and O–H groups in total. The highest BCUT2D eigenvalue weighted by Crippen LogP contribution is 2.38. The summed E-state index contributed by atoms with van der Waals surface area (Å²) < 4.78 is 5.55. The zero-order chi connectivity index (χ0) is 12.7. The molecule has 1 aliphatic carbocycles. The van der Waals surface area contributed by atoms with E-state index in [1.807, 2.05) is 11.3 Å². The summed E-state index contributed by atoms with van der Waals surface area (Å²) in [6, 6.07) is 2.52. The van der Waals surface area contributed by atoms with Gasteiger partial charge in [-0.3, -0.25) is 0 Å². The molecule has 1 aliphatic heterocycles. The van der Waals surface area contributed by atoms with Crippen LogP contribution in [0, 0.1) is 0 Å². The lowest BCUT2D eigenvalue weighted by molar-refractivity contribution is 0.347. The van der Waals surface area contributed by atoms with Gasteiger partial charge in [-0.1, -0.05) is 5.16 Å². The molecule has 0 spiro atoms. The van der Waals surface area contributed by atoms with Crippen molar-refractivity contribution >= 4 is 11.3 Å². The highest BCUT2D eigenvalue weighted by molar-refractivity contribution is 7.10. The first kappa shape index (κ1) is 11.6. The number of thiophene rings is 1. The fourth-order valence-corrected chi connectivity index (χ4v) is 4.17. The second-order valence-corrected chi connectivity index (χ2v) is 6.38. The number of nitrogens with zero attached hydrogens (tertiary/aromatic N) is 2. The summed E-state index contributed by atoms with van der Waals surface area (Å²) in [7, 11) is 0. The summed E-state index contributed by atoms with van der Waals surface area (Å²) in [6.07, 6.45) is 5.87. The van der Waals surface area contributed by atoms with Crippen molar-refractivity contribution in [1.82, 2.24) is 15.5 Å². The molecule has 2 aliphatic rings. The Morgan fingerprint density at radius 3 is 3.21 bits per heavy atom. The van der Waals surface area contributed by atoms with Gasteiger partial charge in [-0.2, -0.15) is 4.98 Å². The van der Waals surface area contributed by atoms with Gasteiger partial charge in [0.1, 0.15) is 0 Å². The summed E-state index contributed by atoms with van der Waals surface area (Å²) in [5.74, 6) is 1.97. The maximum absolute atomic E-state index is 5.55. The summed E-state index contributed by atoms with van der Waals surface area (Å²) >= 11 is 1.85. The second kappa shape index (κ2) is 4.72. The Kier molecular flexibility index (Phi) is 2.89. The fourth-order valence-electron chi connectivity index (χ4n) is 3.18. The van der Waals surface area contributed by atoms with Gasteiger partial charge >= 0.3 is 0 Å². The first-order valence-corrected chi connectivity index (χ1v) is 7.93. The zero-order valence-electron chi connectivity index (χ0n) is 10.8. The van der Waals surface area contributed by atoms with Crippen LogP contribution in [0.2, 0.25) is 0 Å². The van der Waals surface area contributed by atoms with Gasteiger partial charge in [0.25, 0.3) is 0 Å². The fraction of sp³-hybridized carbons (Fsp3) is 0.571. The van der Waals surface area contributed by atoms with Crippen molar-refractivity contribution in [3.63, 3.8) is 0 Å². The van der Waals surface area contributed by atoms with Crippen molar-refractivity contribution in [3.05, 3.63) is 33.6 Å². The standard InChI is InChI=1S/C14H17N3OS/c1-3-10(9-6-8-19-12(9)5-1)14-16-13(17-18-14)11-4-2-7-15-11/h6,8,10-11,15H,1-5,7H2. The quantitative estimate of drug-likeness (QED) is 0.915. The van der Waals surface area contributed by atoms with E-state index in [1.165, 1.54) is 29.7 Å². The van der Waals surface area contributed by atoms with Crippen molar-refractivity contribution in [2.24, 2.45) is 0 Å². The largest absolute Gasteiger partial charge is 0.339 e. The Hall–Kier alpha value is -1.20. The molecule has 4 nitrogen and oxygen atoms in total. The van der Waals surface area contributed by atoms with Crippen LogP contribution in [-0.2, 0) is 6.42 Å². The highest BCUT2D eigenvalue weighted by Gasteiger charge is 2.29. The minimum atomic E-state index is 0.294. The molecular weight excluding hydrogens is 258 g/mol. The molecule has 1 fully saturated rings. The van der Waals surface area contributed by atoms with Crippen LogP contribution in [0.15, 0.2) is 16.0 Å². The van der Waals surface area contributed by atoms with E-state index in [0.717, 1.165) is 31.1 Å². The average Bonchev–Trinajstić information content (AvgIpc) is 3.18.